The fraction of sp³-hybridized carbons (Fsp3) is 0.500. The van der Waals surface area contributed by atoms with Crippen molar-refractivity contribution < 1.29 is 32.7 Å². The zero-order valence-corrected chi connectivity index (χ0v) is 29.3. The first-order valence-corrected chi connectivity index (χ1v) is 17.2. The minimum atomic E-state index is -0.948. The van der Waals surface area contributed by atoms with Crippen molar-refractivity contribution >= 4 is 47.1 Å². The summed E-state index contributed by atoms with van der Waals surface area (Å²) in [6.07, 6.45) is 0.420. The monoisotopic (exact) mass is 699 g/mol. The molecule has 4 aliphatic rings. The van der Waals surface area contributed by atoms with E-state index >= 15 is 4.39 Å². The third kappa shape index (κ3) is 7.26. The van der Waals surface area contributed by atoms with Gasteiger partial charge < -0.3 is 29.0 Å². The second-order valence-corrected chi connectivity index (χ2v) is 16.2. The highest BCUT2D eigenvalue weighted by Crippen LogP contribution is 2.52. The first kappa shape index (κ1) is 34.0. The van der Waals surface area contributed by atoms with E-state index in [1.165, 1.54) is 28.8 Å². The van der Waals surface area contributed by atoms with Gasteiger partial charge in [-0.1, -0.05) is 23.7 Å². The zero-order chi connectivity index (χ0) is 34.6. The molecule has 3 aliphatic heterocycles. The van der Waals surface area contributed by atoms with E-state index in [0.717, 1.165) is 18.4 Å². The molecule has 0 unspecified atom stereocenters. The molecule has 3 fully saturated rings. The van der Waals surface area contributed by atoms with Crippen LogP contribution in [0.15, 0.2) is 45.7 Å². The topological polar surface area (TPSA) is 127 Å². The maximum atomic E-state index is 15.8. The molecule has 1 aliphatic carbocycles. The number of benzene rings is 2. The fourth-order valence-electron chi connectivity index (χ4n) is 6.37. The Morgan fingerprint density at radius 3 is 2.44 bits per heavy atom. The van der Waals surface area contributed by atoms with Gasteiger partial charge in [0.25, 0.3) is 11.8 Å². The Labute approximate surface area is 287 Å². The van der Waals surface area contributed by atoms with E-state index in [-0.39, 0.29) is 29.7 Å². The standard InChI is InChI=1S/C34H39ClFN5O6S/c1-32(2,3)46-30(43)37-24-17-48-26-12-23(36)22(11-25(26)41(28(24)42)16-19-7-9-21(35)10-8-19)27-38-39-29(45-27)34-13-20(14-34)15-40(18-34)31(44)47-33(4,5)6/h7-12,20,24H,13-18H2,1-6H3,(H,37,43)/t20?,24-,34?/m0/s1. The van der Waals surface area contributed by atoms with Crippen LogP contribution in [0.25, 0.3) is 11.5 Å². The molecular weight excluding hydrogens is 661 g/mol. The highest BCUT2D eigenvalue weighted by atomic mass is 35.5. The number of halogens is 2. The van der Waals surface area contributed by atoms with Gasteiger partial charge in [-0.05, 0) is 90.1 Å². The molecule has 2 saturated heterocycles. The van der Waals surface area contributed by atoms with E-state index in [9.17, 15) is 14.4 Å². The number of fused-ring (bicyclic) bond motifs is 3. The van der Waals surface area contributed by atoms with E-state index in [4.69, 9.17) is 25.5 Å². The summed E-state index contributed by atoms with van der Waals surface area (Å²) in [6.45, 7) is 11.8. The molecule has 14 heteroatoms. The lowest BCUT2D eigenvalue weighted by atomic mass is 9.58. The lowest BCUT2D eigenvalue weighted by molar-refractivity contribution is -0.120. The predicted molar refractivity (Wildman–Crippen MR) is 178 cm³/mol. The van der Waals surface area contributed by atoms with Gasteiger partial charge in [0.1, 0.15) is 23.1 Å². The van der Waals surface area contributed by atoms with Crippen LogP contribution in [0.4, 0.5) is 19.7 Å². The second kappa shape index (κ2) is 12.6. The van der Waals surface area contributed by atoms with Crippen LogP contribution in [0.1, 0.15) is 65.8 Å². The van der Waals surface area contributed by atoms with Crippen LogP contribution in [-0.4, -0.2) is 69.3 Å². The number of anilines is 1. The van der Waals surface area contributed by atoms with Gasteiger partial charge in [-0.2, -0.15) is 0 Å². The van der Waals surface area contributed by atoms with E-state index in [1.807, 2.05) is 20.8 Å². The van der Waals surface area contributed by atoms with Gasteiger partial charge in [0.2, 0.25) is 5.89 Å². The van der Waals surface area contributed by atoms with Crippen molar-refractivity contribution in [2.24, 2.45) is 5.92 Å². The van der Waals surface area contributed by atoms with Crippen LogP contribution in [0.5, 0.6) is 0 Å². The van der Waals surface area contributed by atoms with Crippen molar-refractivity contribution in [3.8, 4) is 11.5 Å². The summed E-state index contributed by atoms with van der Waals surface area (Å²) in [4.78, 5) is 43.3. The Balaban J connectivity index is 1.30. The average molecular weight is 700 g/mol. The van der Waals surface area contributed by atoms with Crippen LogP contribution in [0.3, 0.4) is 0 Å². The molecular formula is C34H39ClFN5O6S. The number of piperidine rings is 2. The van der Waals surface area contributed by atoms with Crippen molar-refractivity contribution in [2.45, 2.75) is 88.5 Å². The minimum Gasteiger partial charge on any atom is -0.444 e. The summed E-state index contributed by atoms with van der Waals surface area (Å²) in [5, 5.41) is 11.8. The van der Waals surface area contributed by atoms with Crippen molar-refractivity contribution in [1.82, 2.24) is 20.4 Å². The molecule has 2 bridgehead atoms. The number of thioether (sulfide) groups is 1. The molecule has 4 heterocycles. The molecule has 256 valence electrons. The van der Waals surface area contributed by atoms with Crippen LogP contribution in [-0.2, 0) is 26.2 Å². The van der Waals surface area contributed by atoms with Crippen molar-refractivity contribution in [2.75, 3.05) is 23.7 Å². The third-order valence-electron chi connectivity index (χ3n) is 8.35. The fourth-order valence-corrected chi connectivity index (χ4v) is 7.58. The summed E-state index contributed by atoms with van der Waals surface area (Å²) in [6, 6.07) is 8.98. The van der Waals surface area contributed by atoms with Crippen LogP contribution < -0.4 is 10.2 Å². The Morgan fingerprint density at radius 1 is 1.08 bits per heavy atom. The normalized spacial score (nSPS) is 22.4. The van der Waals surface area contributed by atoms with Gasteiger partial charge in [0.15, 0.2) is 0 Å². The van der Waals surface area contributed by atoms with E-state index in [2.05, 4.69) is 15.5 Å². The number of nitrogens with one attached hydrogen (secondary N) is 1. The number of aromatic nitrogens is 2. The van der Waals surface area contributed by atoms with Crippen LogP contribution >= 0.6 is 23.4 Å². The molecule has 7 rings (SSSR count). The third-order valence-corrected chi connectivity index (χ3v) is 9.74. The van der Waals surface area contributed by atoms with E-state index in [1.54, 1.807) is 49.9 Å². The van der Waals surface area contributed by atoms with Gasteiger partial charge in [0.05, 0.1) is 23.2 Å². The van der Waals surface area contributed by atoms with Gasteiger partial charge in [-0.3, -0.25) is 4.79 Å². The maximum Gasteiger partial charge on any atom is 0.410 e. The number of amides is 3. The predicted octanol–water partition coefficient (Wildman–Crippen LogP) is 6.96. The van der Waals surface area contributed by atoms with Gasteiger partial charge in [0, 0.05) is 28.8 Å². The number of hydrogen-bond donors (Lipinski definition) is 1. The van der Waals surface area contributed by atoms with Gasteiger partial charge in [-0.25, -0.2) is 14.0 Å². The molecule has 1 N–H and O–H groups in total. The molecule has 2 aromatic carbocycles. The number of ether oxygens (including phenoxy) is 2. The Bertz CT molecular complexity index is 1730. The Morgan fingerprint density at radius 2 is 1.77 bits per heavy atom. The molecule has 1 atom stereocenters. The summed E-state index contributed by atoms with van der Waals surface area (Å²) in [5.74, 6) is -0.261. The van der Waals surface area contributed by atoms with E-state index in [0.29, 0.717) is 34.6 Å². The van der Waals surface area contributed by atoms with Crippen molar-refractivity contribution in [3.05, 3.63) is 58.7 Å². The van der Waals surface area contributed by atoms with Crippen molar-refractivity contribution in [3.63, 3.8) is 0 Å². The SMILES string of the molecule is CC(C)(C)OC(=O)N[C@H]1CSc2cc(F)c(-c3nnc(C45CC(CN(C(=O)OC(C)(C)C)C4)C5)o3)cc2N(Cc2ccc(Cl)cc2)C1=O. The molecule has 1 aromatic heterocycles. The zero-order valence-electron chi connectivity index (χ0n) is 27.8. The lowest BCUT2D eigenvalue weighted by Crippen LogP contribution is -2.61. The number of carbonyl (C=O) groups is 3. The summed E-state index contributed by atoms with van der Waals surface area (Å²) >= 11 is 7.36. The quantitative estimate of drug-likeness (QED) is 0.301. The second-order valence-electron chi connectivity index (χ2n) is 14.7. The Kier molecular flexibility index (Phi) is 8.91. The number of nitrogens with zero attached hydrogens (tertiary/aromatic N) is 4. The Hall–Kier alpha value is -3.84. The number of rotatable bonds is 5. The maximum absolute atomic E-state index is 15.8. The molecule has 48 heavy (non-hydrogen) atoms. The summed E-state index contributed by atoms with van der Waals surface area (Å²) < 4.78 is 33.0. The largest absolute Gasteiger partial charge is 0.444 e. The number of hydrogen-bond acceptors (Lipinski definition) is 9. The summed E-state index contributed by atoms with van der Waals surface area (Å²) in [7, 11) is 0. The highest BCUT2D eigenvalue weighted by Gasteiger charge is 2.56. The summed E-state index contributed by atoms with van der Waals surface area (Å²) in [5.41, 5.74) is -0.686. The molecule has 0 spiro atoms. The smallest absolute Gasteiger partial charge is 0.410 e. The first-order chi connectivity index (χ1) is 22.5. The van der Waals surface area contributed by atoms with Crippen molar-refractivity contribution in [1.29, 1.82) is 0 Å². The van der Waals surface area contributed by atoms with Gasteiger partial charge >= 0.3 is 12.2 Å². The first-order valence-electron chi connectivity index (χ1n) is 15.8. The number of alkyl carbamates (subject to hydrolysis) is 1. The molecule has 3 amide bonds. The van der Waals surface area contributed by atoms with Gasteiger partial charge in [-0.15, -0.1) is 22.0 Å². The van der Waals surface area contributed by atoms with Crippen LogP contribution in [0, 0.1) is 11.7 Å². The highest BCUT2D eigenvalue weighted by molar-refractivity contribution is 7.99. The molecule has 0 radical (unpaired) electrons. The average Bonchev–Trinajstić information content (AvgIpc) is 3.43. The van der Waals surface area contributed by atoms with Crippen LogP contribution in [0.2, 0.25) is 5.02 Å². The minimum absolute atomic E-state index is 0.0333. The number of carbonyl (C=O) groups excluding carboxylic acids is 3. The molecule has 1 saturated carbocycles. The van der Waals surface area contributed by atoms with E-state index < -0.39 is 46.6 Å². The molecule has 11 nitrogen and oxygen atoms in total. The molecule has 3 aromatic rings. The lowest BCUT2D eigenvalue weighted by Gasteiger charge is -2.54.